The molecule has 0 unspecified atom stereocenters. The Morgan fingerprint density at radius 1 is 1.08 bits per heavy atom. The molecular formula is C11H24N2. The van der Waals surface area contributed by atoms with E-state index >= 15 is 0 Å². The van der Waals surface area contributed by atoms with E-state index in [0.717, 1.165) is 19.0 Å². The van der Waals surface area contributed by atoms with E-state index in [1.165, 1.54) is 45.2 Å². The molecule has 1 aliphatic rings. The molecule has 1 fully saturated rings. The van der Waals surface area contributed by atoms with Crippen molar-refractivity contribution in [2.45, 2.75) is 39.0 Å². The normalized spacial score (nSPS) is 18.2. The molecule has 0 aliphatic heterocycles. The van der Waals surface area contributed by atoms with Crippen LogP contribution < -0.4 is 10.6 Å². The maximum Gasteiger partial charge on any atom is -0.00205 e. The lowest BCUT2D eigenvalue weighted by atomic mass is 10.1. The van der Waals surface area contributed by atoms with E-state index in [-0.39, 0.29) is 0 Å². The van der Waals surface area contributed by atoms with Crippen LogP contribution in [0.25, 0.3) is 0 Å². The Morgan fingerprint density at radius 2 is 1.77 bits per heavy atom. The summed E-state index contributed by atoms with van der Waals surface area (Å²) < 4.78 is 0. The van der Waals surface area contributed by atoms with Gasteiger partial charge in [0.05, 0.1) is 0 Å². The van der Waals surface area contributed by atoms with Crippen LogP contribution >= 0.6 is 0 Å². The Bertz CT molecular complexity index is 109. The third kappa shape index (κ3) is 5.27. The van der Waals surface area contributed by atoms with Crippen molar-refractivity contribution in [2.24, 2.45) is 5.92 Å². The van der Waals surface area contributed by atoms with Crippen LogP contribution in [0.3, 0.4) is 0 Å². The van der Waals surface area contributed by atoms with Crippen LogP contribution in [-0.4, -0.2) is 26.2 Å². The fraction of sp³-hybridized carbons (Fsp3) is 1.00. The zero-order valence-corrected chi connectivity index (χ0v) is 8.94. The molecule has 78 valence electrons. The standard InChI is InChI=1S/C11H24N2/c1-2-12-8-5-9-13-10-11-6-3-4-7-11/h11-13H,2-10H2,1H3. The van der Waals surface area contributed by atoms with E-state index in [2.05, 4.69) is 17.6 Å². The fourth-order valence-electron chi connectivity index (χ4n) is 2.04. The van der Waals surface area contributed by atoms with Gasteiger partial charge in [0, 0.05) is 0 Å². The lowest BCUT2D eigenvalue weighted by Crippen LogP contribution is -2.25. The first-order chi connectivity index (χ1) is 6.43. The molecule has 1 aliphatic carbocycles. The highest BCUT2D eigenvalue weighted by atomic mass is 14.9. The van der Waals surface area contributed by atoms with Crippen LogP contribution in [0, 0.1) is 5.92 Å². The summed E-state index contributed by atoms with van der Waals surface area (Å²) in [6.07, 6.45) is 7.11. The Labute approximate surface area is 82.5 Å². The number of rotatable bonds is 7. The average molecular weight is 184 g/mol. The van der Waals surface area contributed by atoms with E-state index in [1.807, 2.05) is 0 Å². The van der Waals surface area contributed by atoms with Gasteiger partial charge in [-0.3, -0.25) is 0 Å². The van der Waals surface area contributed by atoms with Gasteiger partial charge in [0.15, 0.2) is 0 Å². The van der Waals surface area contributed by atoms with E-state index in [1.54, 1.807) is 0 Å². The minimum absolute atomic E-state index is 0.985. The predicted molar refractivity (Wildman–Crippen MR) is 58.0 cm³/mol. The lowest BCUT2D eigenvalue weighted by molar-refractivity contribution is 0.482. The van der Waals surface area contributed by atoms with Crippen LogP contribution in [0.2, 0.25) is 0 Å². The molecule has 0 spiro atoms. The predicted octanol–water partition coefficient (Wildman–Crippen LogP) is 1.77. The summed E-state index contributed by atoms with van der Waals surface area (Å²) in [5, 5.41) is 6.88. The third-order valence-corrected chi connectivity index (χ3v) is 2.86. The first-order valence-corrected chi connectivity index (χ1v) is 5.85. The van der Waals surface area contributed by atoms with E-state index in [4.69, 9.17) is 0 Å². The highest BCUT2D eigenvalue weighted by molar-refractivity contribution is 4.69. The van der Waals surface area contributed by atoms with Gasteiger partial charge in [-0.2, -0.15) is 0 Å². The molecule has 1 rings (SSSR count). The fourth-order valence-corrected chi connectivity index (χ4v) is 2.04. The maximum absolute atomic E-state index is 3.55. The largest absolute Gasteiger partial charge is 0.317 e. The zero-order chi connectivity index (χ0) is 9.36. The first-order valence-electron chi connectivity index (χ1n) is 5.85. The molecule has 0 heterocycles. The molecular weight excluding hydrogens is 160 g/mol. The average Bonchev–Trinajstić information content (AvgIpc) is 2.63. The second-order valence-electron chi connectivity index (χ2n) is 4.06. The van der Waals surface area contributed by atoms with E-state index in [9.17, 15) is 0 Å². The molecule has 0 aromatic rings. The van der Waals surface area contributed by atoms with Gasteiger partial charge in [0.2, 0.25) is 0 Å². The van der Waals surface area contributed by atoms with Crippen LogP contribution in [-0.2, 0) is 0 Å². The molecule has 13 heavy (non-hydrogen) atoms. The van der Waals surface area contributed by atoms with Crippen molar-refractivity contribution in [1.82, 2.24) is 10.6 Å². The van der Waals surface area contributed by atoms with Crippen molar-refractivity contribution in [2.75, 3.05) is 26.2 Å². The van der Waals surface area contributed by atoms with Crippen LogP contribution in [0.4, 0.5) is 0 Å². The van der Waals surface area contributed by atoms with E-state index in [0.29, 0.717) is 0 Å². The topological polar surface area (TPSA) is 24.1 Å². The molecule has 0 aromatic heterocycles. The Kier molecular flexibility index (Phi) is 6.21. The van der Waals surface area contributed by atoms with Crippen LogP contribution in [0.5, 0.6) is 0 Å². The van der Waals surface area contributed by atoms with Gasteiger partial charge in [-0.15, -0.1) is 0 Å². The van der Waals surface area contributed by atoms with Gasteiger partial charge in [0.25, 0.3) is 0 Å². The second-order valence-corrected chi connectivity index (χ2v) is 4.06. The third-order valence-electron chi connectivity index (χ3n) is 2.86. The van der Waals surface area contributed by atoms with Gasteiger partial charge in [-0.1, -0.05) is 19.8 Å². The van der Waals surface area contributed by atoms with Crippen molar-refractivity contribution >= 4 is 0 Å². The van der Waals surface area contributed by atoms with Crippen LogP contribution in [0.1, 0.15) is 39.0 Å². The molecule has 0 aromatic carbocycles. The first kappa shape index (κ1) is 11.0. The molecule has 0 atom stereocenters. The smallest absolute Gasteiger partial charge is 0.00205 e. The number of nitrogens with one attached hydrogen (secondary N) is 2. The highest BCUT2D eigenvalue weighted by Crippen LogP contribution is 2.23. The van der Waals surface area contributed by atoms with Gasteiger partial charge < -0.3 is 10.6 Å². The Morgan fingerprint density at radius 3 is 2.46 bits per heavy atom. The summed E-state index contributed by atoms with van der Waals surface area (Å²) in [5.41, 5.74) is 0. The second kappa shape index (κ2) is 7.34. The van der Waals surface area contributed by atoms with Crippen molar-refractivity contribution in [1.29, 1.82) is 0 Å². The molecule has 2 nitrogen and oxygen atoms in total. The summed E-state index contributed by atoms with van der Waals surface area (Å²) in [5.74, 6) is 0.985. The number of hydrogen-bond acceptors (Lipinski definition) is 2. The van der Waals surface area contributed by atoms with Gasteiger partial charge >= 0.3 is 0 Å². The van der Waals surface area contributed by atoms with Crippen molar-refractivity contribution < 1.29 is 0 Å². The summed E-state index contributed by atoms with van der Waals surface area (Å²) in [4.78, 5) is 0. The maximum atomic E-state index is 3.55. The molecule has 0 bridgehead atoms. The summed E-state index contributed by atoms with van der Waals surface area (Å²) in [6, 6.07) is 0. The summed E-state index contributed by atoms with van der Waals surface area (Å²) >= 11 is 0. The van der Waals surface area contributed by atoms with Gasteiger partial charge in [-0.25, -0.2) is 0 Å². The minimum atomic E-state index is 0.985. The Hall–Kier alpha value is -0.0800. The highest BCUT2D eigenvalue weighted by Gasteiger charge is 2.13. The molecule has 0 amide bonds. The molecule has 2 heteroatoms. The molecule has 1 saturated carbocycles. The summed E-state index contributed by atoms with van der Waals surface area (Å²) in [6.45, 7) is 6.86. The van der Waals surface area contributed by atoms with Crippen LogP contribution in [0.15, 0.2) is 0 Å². The molecule has 0 radical (unpaired) electrons. The summed E-state index contributed by atoms with van der Waals surface area (Å²) in [7, 11) is 0. The van der Waals surface area contributed by atoms with Gasteiger partial charge in [-0.05, 0) is 51.4 Å². The number of hydrogen-bond donors (Lipinski definition) is 2. The van der Waals surface area contributed by atoms with E-state index < -0.39 is 0 Å². The SMILES string of the molecule is CCNCCCNCC1CCCC1. The zero-order valence-electron chi connectivity index (χ0n) is 8.94. The molecule has 0 saturated heterocycles. The van der Waals surface area contributed by atoms with Crippen molar-refractivity contribution in [3.63, 3.8) is 0 Å². The lowest BCUT2D eigenvalue weighted by Gasteiger charge is -2.10. The van der Waals surface area contributed by atoms with Gasteiger partial charge in [0.1, 0.15) is 0 Å². The van der Waals surface area contributed by atoms with Crippen molar-refractivity contribution in [3.8, 4) is 0 Å². The van der Waals surface area contributed by atoms with Crippen molar-refractivity contribution in [3.05, 3.63) is 0 Å². The quantitative estimate of drug-likeness (QED) is 0.589. The monoisotopic (exact) mass is 184 g/mol. The Balaban J connectivity index is 1.78. The molecule has 2 N–H and O–H groups in total. The minimum Gasteiger partial charge on any atom is -0.317 e.